The monoisotopic (exact) mass is 347 g/mol. The SMILES string of the molecule is Cc1cc2c(cc1C)O[C@H](C(=O)N(C)c1cc(-c3ccccc3)[nH]n1)C2. The van der Waals surface area contributed by atoms with E-state index in [4.69, 9.17) is 4.74 Å². The van der Waals surface area contributed by atoms with Crippen LogP contribution in [0, 0.1) is 13.8 Å². The molecular weight excluding hydrogens is 326 g/mol. The molecule has 0 aliphatic carbocycles. The number of aryl methyl sites for hydroxylation is 2. The van der Waals surface area contributed by atoms with Gasteiger partial charge >= 0.3 is 0 Å². The summed E-state index contributed by atoms with van der Waals surface area (Å²) in [5.41, 5.74) is 5.38. The number of anilines is 1. The summed E-state index contributed by atoms with van der Waals surface area (Å²) in [7, 11) is 1.73. The lowest BCUT2D eigenvalue weighted by atomic mass is 10.0. The van der Waals surface area contributed by atoms with Gasteiger partial charge in [-0.1, -0.05) is 36.4 Å². The number of aromatic nitrogens is 2. The zero-order chi connectivity index (χ0) is 18.3. The van der Waals surface area contributed by atoms with Gasteiger partial charge in [0.05, 0.1) is 5.69 Å². The second-order valence-electron chi connectivity index (χ2n) is 6.76. The number of rotatable bonds is 3. The molecule has 1 atom stereocenters. The van der Waals surface area contributed by atoms with E-state index < -0.39 is 6.10 Å². The summed E-state index contributed by atoms with van der Waals surface area (Å²) < 4.78 is 5.91. The summed E-state index contributed by atoms with van der Waals surface area (Å²) in [5, 5.41) is 7.28. The fraction of sp³-hybridized carbons (Fsp3) is 0.238. The van der Waals surface area contributed by atoms with Crippen LogP contribution in [0.2, 0.25) is 0 Å². The molecule has 0 saturated heterocycles. The van der Waals surface area contributed by atoms with Crippen molar-refractivity contribution >= 4 is 11.7 Å². The molecule has 0 saturated carbocycles. The molecule has 2 heterocycles. The Morgan fingerprint density at radius 1 is 1.15 bits per heavy atom. The van der Waals surface area contributed by atoms with Crippen LogP contribution < -0.4 is 9.64 Å². The quantitative estimate of drug-likeness (QED) is 0.787. The zero-order valence-electron chi connectivity index (χ0n) is 15.1. The number of H-pyrrole nitrogens is 1. The van der Waals surface area contributed by atoms with Crippen LogP contribution in [0.3, 0.4) is 0 Å². The van der Waals surface area contributed by atoms with Gasteiger partial charge < -0.3 is 4.74 Å². The number of carbonyl (C=O) groups is 1. The second kappa shape index (κ2) is 6.33. The number of benzene rings is 2. The van der Waals surface area contributed by atoms with Crippen LogP contribution in [0.15, 0.2) is 48.5 Å². The van der Waals surface area contributed by atoms with Gasteiger partial charge in [0.25, 0.3) is 5.91 Å². The smallest absolute Gasteiger partial charge is 0.269 e. The molecule has 1 N–H and O–H groups in total. The number of nitrogens with one attached hydrogen (secondary N) is 1. The van der Waals surface area contributed by atoms with Crippen molar-refractivity contribution in [3.8, 4) is 17.0 Å². The molecule has 1 amide bonds. The lowest BCUT2D eigenvalue weighted by molar-refractivity contribution is -0.124. The number of nitrogens with zero attached hydrogens (tertiary/aromatic N) is 2. The molecule has 5 heteroatoms. The van der Waals surface area contributed by atoms with E-state index in [9.17, 15) is 4.79 Å². The highest BCUT2D eigenvalue weighted by Crippen LogP contribution is 2.32. The van der Waals surface area contributed by atoms with Gasteiger partial charge in [0.15, 0.2) is 11.9 Å². The molecule has 1 aromatic heterocycles. The van der Waals surface area contributed by atoms with Gasteiger partial charge in [-0.05, 0) is 42.2 Å². The van der Waals surface area contributed by atoms with Crippen molar-refractivity contribution < 1.29 is 9.53 Å². The minimum Gasteiger partial charge on any atom is -0.480 e. The van der Waals surface area contributed by atoms with Crippen LogP contribution in [-0.2, 0) is 11.2 Å². The maximum absolute atomic E-state index is 12.9. The summed E-state index contributed by atoms with van der Waals surface area (Å²) in [6.45, 7) is 4.13. The van der Waals surface area contributed by atoms with E-state index in [0.717, 1.165) is 22.6 Å². The van der Waals surface area contributed by atoms with Crippen molar-refractivity contribution in [2.45, 2.75) is 26.4 Å². The molecule has 26 heavy (non-hydrogen) atoms. The number of hydrogen-bond acceptors (Lipinski definition) is 3. The van der Waals surface area contributed by atoms with Gasteiger partial charge in [-0.3, -0.25) is 14.8 Å². The highest BCUT2D eigenvalue weighted by molar-refractivity contribution is 5.96. The van der Waals surface area contributed by atoms with E-state index in [1.165, 1.54) is 11.1 Å². The largest absolute Gasteiger partial charge is 0.480 e. The molecule has 3 aromatic rings. The number of amides is 1. The molecule has 0 unspecified atom stereocenters. The first-order valence-electron chi connectivity index (χ1n) is 8.68. The third kappa shape index (κ3) is 2.86. The molecule has 132 valence electrons. The number of hydrogen-bond donors (Lipinski definition) is 1. The van der Waals surface area contributed by atoms with Gasteiger partial charge in [-0.2, -0.15) is 5.10 Å². The van der Waals surface area contributed by atoms with Crippen molar-refractivity contribution in [2.24, 2.45) is 0 Å². The van der Waals surface area contributed by atoms with E-state index >= 15 is 0 Å². The highest BCUT2D eigenvalue weighted by Gasteiger charge is 2.32. The van der Waals surface area contributed by atoms with Crippen LogP contribution in [0.1, 0.15) is 16.7 Å². The van der Waals surface area contributed by atoms with Crippen molar-refractivity contribution in [3.63, 3.8) is 0 Å². The Bertz CT molecular complexity index is 932. The Labute approximate surface area is 152 Å². The molecular formula is C21H21N3O2. The van der Waals surface area contributed by atoms with Gasteiger partial charge in [0.1, 0.15) is 5.75 Å². The molecule has 1 aliphatic rings. The van der Waals surface area contributed by atoms with E-state index in [1.54, 1.807) is 11.9 Å². The number of carbonyl (C=O) groups excluding carboxylic acids is 1. The topological polar surface area (TPSA) is 58.2 Å². The molecule has 0 radical (unpaired) electrons. The third-order valence-electron chi connectivity index (χ3n) is 4.95. The number of fused-ring (bicyclic) bond motifs is 1. The standard InChI is InChI=1S/C21H21N3O2/c1-13-9-16-11-19(26-18(16)10-14(13)2)21(25)24(3)20-12-17(22-23-20)15-7-5-4-6-8-15/h4-10,12,19H,11H2,1-3H3,(H,22,23)/t19-/m0/s1. The Balaban J connectivity index is 1.52. The van der Waals surface area contributed by atoms with Crippen LogP contribution in [0.25, 0.3) is 11.3 Å². The molecule has 1 aliphatic heterocycles. The van der Waals surface area contributed by atoms with Crippen LogP contribution in [0.4, 0.5) is 5.82 Å². The Hall–Kier alpha value is -3.08. The Morgan fingerprint density at radius 2 is 1.88 bits per heavy atom. The summed E-state index contributed by atoms with van der Waals surface area (Å²) in [6, 6.07) is 15.9. The Kier molecular flexibility index (Phi) is 3.99. The first-order chi connectivity index (χ1) is 12.5. The molecule has 4 rings (SSSR count). The zero-order valence-corrected chi connectivity index (χ0v) is 15.1. The predicted molar refractivity (Wildman–Crippen MR) is 101 cm³/mol. The van der Waals surface area contributed by atoms with Crippen LogP contribution >= 0.6 is 0 Å². The van der Waals surface area contributed by atoms with E-state index in [0.29, 0.717) is 12.2 Å². The van der Waals surface area contributed by atoms with Crippen LogP contribution in [-0.4, -0.2) is 29.3 Å². The van der Waals surface area contributed by atoms with Crippen molar-refractivity contribution in [2.75, 3.05) is 11.9 Å². The average Bonchev–Trinajstić information content (AvgIpc) is 3.29. The fourth-order valence-corrected chi connectivity index (χ4v) is 3.23. The van der Waals surface area contributed by atoms with Gasteiger partial charge in [0, 0.05) is 19.5 Å². The maximum atomic E-state index is 12.9. The van der Waals surface area contributed by atoms with Gasteiger partial charge in [0.2, 0.25) is 0 Å². The lowest BCUT2D eigenvalue weighted by Crippen LogP contribution is -2.39. The van der Waals surface area contributed by atoms with Crippen molar-refractivity contribution in [3.05, 3.63) is 65.2 Å². The second-order valence-corrected chi connectivity index (χ2v) is 6.76. The molecule has 2 aromatic carbocycles. The maximum Gasteiger partial charge on any atom is 0.269 e. The fourth-order valence-electron chi connectivity index (χ4n) is 3.23. The molecule has 0 bridgehead atoms. The van der Waals surface area contributed by atoms with E-state index in [1.807, 2.05) is 42.5 Å². The van der Waals surface area contributed by atoms with E-state index in [-0.39, 0.29) is 5.91 Å². The molecule has 5 nitrogen and oxygen atoms in total. The lowest BCUT2D eigenvalue weighted by Gasteiger charge is -2.18. The summed E-state index contributed by atoms with van der Waals surface area (Å²) in [4.78, 5) is 14.4. The van der Waals surface area contributed by atoms with Crippen molar-refractivity contribution in [1.29, 1.82) is 0 Å². The predicted octanol–water partition coefficient (Wildman–Crippen LogP) is 3.66. The van der Waals surface area contributed by atoms with Crippen molar-refractivity contribution in [1.82, 2.24) is 10.2 Å². The minimum atomic E-state index is -0.506. The Morgan fingerprint density at radius 3 is 2.65 bits per heavy atom. The summed E-state index contributed by atoms with van der Waals surface area (Å²) in [5.74, 6) is 1.30. The third-order valence-corrected chi connectivity index (χ3v) is 4.95. The van der Waals surface area contributed by atoms with E-state index in [2.05, 4.69) is 30.1 Å². The first kappa shape index (κ1) is 16.4. The minimum absolute atomic E-state index is 0.0948. The number of ether oxygens (including phenoxy) is 1. The van der Waals surface area contributed by atoms with Gasteiger partial charge in [-0.15, -0.1) is 0 Å². The molecule has 0 fully saturated rings. The average molecular weight is 347 g/mol. The highest BCUT2D eigenvalue weighted by atomic mass is 16.5. The first-order valence-corrected chi connectivity index (χ1v) is 8.68. The number of aromatic amines is 1. The number of likely N-dealkylation sites (N-methyl/N-ethyl adjacent to an activating group) is 1. The summed E-state index contributed by atoms with van der Waals surface area (Å²) >= 11 is 0. The van der Waals surface area contributed by atoms with Gasteiger partial charge in [-0.25, -0.2) is 0 Å². The molecule has 0 spiro atoms. The summed E-state index contributed by atoms with van der Waals surface area (Å²) in [6.07, 6.45) is 0.0864. The normalized spacial score (nSPS) is 15.4. The van der Waals surface area contributed by atoms with Crippen LogP contribution in [0.5, 0.6) is 5.75 Å².